The van der Waals surface area contributed by atoms with Crippen LogP contribution in [0.4, 0.5) is 11.4 Å². The van der Waals surface area contributed by atoms with Gasteiger partial charge in [0.1, 0.15) is 11.5 Å². The lowest BCUT2D eigenvalue weighted by Crippen LogP contribution is -2.29. The van der Waals surface area contributed by atoms with Gasteiger partial charge in [0.05, 0.1) is 32.3 Å². The monoisotopic (exact) mass is 648 g/mol. The van der Waals surface area contributed by atoms with Crippen molar-refractivity contribution in [1.82, 2.24) is 0 Å². The number of imide groups is 2. The third kappa shape index (κ3) is 6.10. The van der Waals surface area contributed by atoms with Crippen molar-refractivity contribution in [3.63, 3.8) is 0 Å². The largest absolute Gasteiger partial charge is 0.423 e. The van der Waals surface area contributed by atoms with Gasteiger partial charge >= 0.3 is 11.9 Å². The highest BCUT2D eigenvalue weighted by Gasteiger charge is 2.26. The number of sulfone groups is 1. The van der Waals surface area contributed by atoms with Crippen LogP contribution >= 0.6 is 0 Å². The number of anilines is 2. The zero-order chi connectivity index (χ0) is 33.3. The van der Waals surface area contributed by atoms with Crippen LogP contribution in [0.25, 0.3) is 0 Å². The number of hydrogen-bond acceptors (Lipinski definition) is 10. The maximum atomic E-state index is 13.2. The lowest BCUT2D eigenvalue weighted by Gasteiger charge is -2.14. The van der Waals surface area contributed by atoms with Crippen LogP contribution in [0, 0.1) is 0 Å². The summed E-state index contributed by atoms with van der Waals surface area (Å²) in [7, 11) is -3.99. The maximum Gasteiger partial charge on any atom is 0.343 e. The smallest absolute Gasteiger partial charge is 0.343 e. The SMILES string of the molecule is O=C(Oc1ccc(S(=O)(=O)c2ccc(OC(=O)c3ccc(N4C(=O)C=CC4=O)cc3)cc2)cc1)c1ccc(N2C(=O)C=CC2=O)cc1. The van der Waals surface area contributed by atoms with Gasteiger partial charge in [0, 0.05) is 24.3 Å². The minimum atomic E-state index is -3.99. The summed E-state index contributed by atoms with van der Waals surface area (Å²) in [5.41, 5.74) is 0.871. The van der Waals surface area contributed by atoms with E-state index in [0.717, 1.165) is 34.1 Å². The van der Waals surface area contributed by atoms with E-state index in [9.17, 15) is 37.2 Å². The highest BCUT2D eigenvalue weighted by molar-refractivity contribution is 7.91. The average Bonchev–Trinajstić information content (AvgIpc) is 3.59. The normalized spacial score (nSPS) is 14.2. The van der Waals surface area contributed by atoms with Crippen LogP contribution in [0.1, 0.15) is 20.7 Å². The van der Waals surface area contributed by atoms with Crippen LogP contribution in [0.15, 0.2) is 131 Å². The van der Waals surface area contributed by atoms with Gasteiger partial charge in [0.15, 0.2) is 0 Å². The second kappa shape index (κ2) is 12.1. The van der Waals surface area contributed by atoms with Crippen LogP contribution < -0.4 is 19.3 Å². The molecule has 0 bridgehead atoms. The van der Waals surface area contributed by atoms with E-state index in [1.54, 1.807) is 0 Å². The quantitative estimate of drug-likeness (QED) is 0.156. The Morgan fingerprint density at radius 3 is 1.04 bits per heavy atom. The van der Waals surface area contributed by atoms with E-state index >= 15 is 0 Å². The van der Waals surface area contributed by atoms with Crippen molar-refractivity contribution >= 4 is 56.8 Å². The maximum absolute atomic E-state index is 13.2. The number of ether oxygens (including phenoxy) is 2. The van der Waals surface area contributed by atoms with Crippen molar-refractivity contribution in [3.8, 4) is 11.5 Å². The van der Waals surface area contributed by atoms with Crippen molar-refractivity contribution in [2.24, 2.45) is 0 Å². The molecule has 4 aromatic carbocycles. The average molecular weight is 649 g/mol. The summed E-state index contributed by atoms with van der Waals surface area (Å²) >= 11 is 0. The first-order valence-corrected chi connectivity index (χ1v) is 15.2. The van der Waals surface area contributed by atoms with Crippen LogP contribution in [0.5, 0.6) is 11.5 Å². The predicted molar refractivity (Wildman–Crippen MR) is 164 cm³/mol. The second-order valence-electron chi connectivity index (χ2n) is 10.0. The van der Waals surface area contributed by atoms with Gasteiger partial charge in [-0.3, -0.25) is 19.2 Å². The van der Waals surface area contributed by atoms with E-state index in [0.29, 0.717) is 11.4 Å². The molecule has 4 aromatic rings. The summed E-state index contributed by atoms with van der Waals surface area (Å²) in [4.78, 5) is 74.3. The standard InChI is InChI=1S/C34H20N2O10S/c37-29-17-18-30(38)35(29)23-5-1-21(2-6-23)33(41)45-25-9-13-27(14-10-25)47(43,44)28-15-11-26(12-16-28)46-34(42)22-3-7-24(8-4-22)36-31(39)19-20-32(36)40/h1-20H. The summed E-state index contributed by atoms with van der Waals surface area (Å²) in [5, 5.41) is 0. The molecule has 6 rings (SSSR count). The van der Waals surface area contributed by atoms with Crippen molar-refractivity contribution < 1.29 is 46.7 Å². The molecule has 13 heteroatoms. The van der Waals surface area contributed by atoms with Gasteiger partial charge in [-0.25, -0.2) is 27.8 Å². The molecule has 47 heavy (non-hydrogen) atoms. The van der Waals surface area contributed by atoms with Gasteiger partial charge in [-0.1, -0.05) is 0 Å². The molecule has 0 saturated heterocycles. The fraction of sp³-hybridized carbons (Fsp3) is 0. The number of hydrogen-bond donors (Lipinski definition) is 0. The predicted octanol–water partition coefficient (Wildman–Crippen LogP) is 3.82. The Labute approximate surface area is 266 Å². The van der Waals surface area contributed by atoms with E-state index in [1.165, 1.54) is 97.1 Å². The van der Waals surface area contributed by atoms with Gasteiger partial charge in [-0.15, -0.1) is 0 Å². The van der Waals surface area contributed by atoms with Crippen molar-refractivity contribution in [2.75, 3.05) is 9.80 Å². The van der Waals surface area contributed by atoms with Gasteiger partial charge in [-0.05, 0) is 97.1 Å². The number of esters is 2. The Morgan fingerprint density at radius 1 is 0.447 bits per heavy atom. The number of benzene rings is 4. The Kier molecular flexibility index (Phi) is 7.89. The molecule has 2 aliphatic rings. The van der Waals surface area contributed by atoms with E-state index in [4.69, 9.17) is 9.47 Å². The van der Waals surface area contributed by atoms with Gasteiger partial charge in [-0.2, -0.15) is 0 Å². The fourth-order valence-corrected chi connectivity index (χ4v) is 5.91. The molecule has 0 unspecified atom stereocenters. The van der Waals surface area contributed by atoms with Gasteiger partial charge in [0.2, 0.25) is 9.84 Å². The number of carbonyl (C=O) groups is 6. The van der Waals surface area contributed by atoms with Crippen molar-refractivity contribution in [3.05, 3.63) is 132 Å². The summed E-state index contributed by atoms with van der Waals surface area (Å²) in [6.07, 6.45) is 4.59. The first-order valence-electron chi connectivity index (χ1n) is 13.7. The lowest BCUT2D eigenvalue weighted by molar-refractivity contribution is -0.121. The molecule has 232 valence electrons. The van der Waals surface area contributed by atoms with E-state index in [1.807, 2.05) is 0 Å². The van der Waals surface area contributed by atoms with Crippen LogP contribution in [0.2, 0.25) is 0 Å². The molecular formula is C34H20N2O10S. The molecule has 0 spiro atoms. The minimum Gasteiger partial charge on any atom is -0.423 e. The highest BCUT2D eigenvalue weighted by atomic mass is 32.2. The Hall–Kier alpha value is -6.47. The summed E-state index contributed by atoms with van der Waals surface area (Å²) in [6.45, 7) is 0. The zero-order valence-corrected chi connectivity index (χ0v) is 24.7. The Balaban J connectivity index is 1.07. The molecule has 2 heterocycles. The van der Waals surface area contributed by atoms with Gasteiger partial charge in [0.25, 0.3) is 23.6 Å². The first-order chi connectivity index (χ1) is 22.5. The van der Waals surface area contributed by atoms with Crippen LogP contribution in [0.3, 0.4) is 0 Å². The minimum absolute atomic E-state index is 0.0785. The molecule has 0 aromatic heterocycles. The van der Waals surface area contributed by atoms with E-state index in [2.05, 4.69) is 0 Å². The molecule has 0 N–H and O–H groups in total. The van der Waals surface area contributed by atoms with Crippen molar-refractivity contribution in [2.45, 2.75) is 9.79 Å². The number of nitrogens with zero attached hydrogens (tertiary/aromatic N) is 2. The Morgan fingerprint density at radius 2 is 0.745 bits per heavy atom. The van der Waals surface area contributed by atoms with Crippen LogP contribution in [-0.2, 0) is 29.0 Å². The Bertz CT molecular complexity index is 1950. The van der Waals surface area contributed by atoms with Gasteiger partial charge < -0.3 is 9.47 Å². The molecule has 2 aliphatic heterocycles. The third-order valence-electron chi connectivity index (χ3n) is 7.03. The number of amides is 4. The zero-order valence-electron chi connectivity index (χ0n) is 23.9. The topological polar surface area (TPSA) is 162 Å². The van der Waals surface area contributed by atoms with E-state index < -0.39 is 45.4 Å². The highest BCUT2D eigenvalue weighted by Crippen LogP contribution is 2.27. The summed E-state index contributed by atoms with van der Waals surface area (Å²) in [6, 6.07) is 21.7. The molecule has 0 radical (unpaired) electrons. The summed E-state index contributed by atoms with van der Waals surface area (Å²) < 4.78 is 37.1. The number of rotatable bonds is 8. The molecule has 0 saturated carbocycles. The molecule has 0 aliphatic carbocycles. The first kappa shape index (κ1) is 30.6. The second-order valence-corrected chi connectivity index (χ2v) is 12.0. The molecule has 0 atom stereocenters. The van der Waals surface area contributed by atoms with Crippen LogP contribution in [-0.4, -0.2) is 44.0 Å². The van der Waals surface area contributed by atoms with E-state index in [-0.39, 0.29) is 32.4 Å². The molecular weight excluding hydrogens is 628 g/mol. The van der Waals surface area contributed by atoms with Crippen molar-refractivity contribution in [1.29, 1.82) is 0 Å². The fourth-order valence-electron chi connectivity index (χ4n) is 4.64. The lowest BCUT2D eigenvalue weighted by atomic mass is 10.2. The molecule has 12 nitrogen and oxygen atoms in total. The summed E-state index contributed by atoms with van der Waals surface area (Å²) in [5.74, 6) is -3.27. The third-order valence-corrected chi connectivity index (χ3v) is 8.82. The molecule has 4 amide bonds. The number of carbonyl (C=O) groups excluding carboxylic acids is 6. The molecule has 0 fully saturated rings.